The van der Waals surface area contributed by atoms with E-state index in [1.54, 1.807) is 6.07 Å². The van der Waals surface area contributed by atoms with Gasteiger partial charge in [-0.3, -0.25) is 4.79 Å². The average molecular weight is 374 g/mol. The van der Waals surface area contributed by atoms with Crippen LogP contribution in [0.4, 0.5) is 0 Å². The zero-order chi connectivity index (χ0) is 18.5. The number of esters is 1. The molecule has 136 valence electrons. The lowest BCUT2D eigenvalue weighted by molar-refractivity contribution is -0.924. The Labute approximate surface area is 157 Å². The molecule has 0 aliphatic carbocycles. The van der Waals surface area contributed by atoms with Gasteiger partial charge in [0.1, 0.15) is 6.54 Å². The van der Waals surface area contributed by atoms with Gasteiger partial charge in [0.2, 0.25) is 0 Å². The number of ether oxygens (including phenoxy) is 1. The summed E-state index contributed by atoms with van der Waals surface area (Å²) in [4.78, 5) is 25.5. The molecule has 0 fully saturated rings. The highest BCUT2D eigenvalue weighted by Crippen LogP contribution is 2.15. The van der Waals surface area contributed by atoms with E-state index in [0.717, 1.165) is 16.0 Å². The molecule has 1 amide bonds. The van der Waals surface area contributed by atoms with E-state index in [2.05, 4.69) is 5.32 Å². The van der Waals surface area contributed by atoms with Crippen molar-refractivity contribution in [3.8, 4) is 0 Å². The maximum Gasteiger partial charge on any atom is 0.365 e. The zero-order valence-electron chi connectivity index (χ0n) is 14.6. The second kappa shape index (κ2) is 8.34. The highest BCUT2D eigenvalue weighted by Gasteiger charge is 2.36. The van der Waals surface area contributed by atoms with Crippen molar-refractivity contribution in [2.45, 2.75) is 25.6 Å². The number of hydrogen-bond acceptors (Lipinski definition) is 3. The molecule has 1 aliphatic rings. The minimum absolute atomic E-state index is 0.117. The number of rotatable bonds is 5. The lowest BCUT2D eigenvalue weighted by atomic mass is 9.94. The molecule has 5 nitrogen and oxygen atoms in total. The SMILES string of the molecule is COC(=O)[C@@H]1Cc2ccccc2C[NH+]1CC(=O)NCc1ccccc1Cl. The van der Waals surface area contributed by atoms with Crippen molar-refractivity contribution in [1.82, 2.24) is 5.32 Å². The Morgan fingerprint density at radius 3 is 2.58 bits per heavy atom. The van der Waals surface area contributed by atoms with Gasteiger partial charge < -0.3 is 15.0 Å². The summed E-state index contributed by atoms with van der Waals surface area (Å²) in [7, 11) is 1.39. The first-order valence-corrected chi connectivity index (χ1v) is 8.95. The third kappa shape index (κ3) is 4.23. The molecule has 0 saturated carbocycles. The van der Waals surface area contributed by atoms with Crippen LogP contribution in [-0.4, -0.2) is 31.6 Å². The fourth-order valence-electron chi connectivity index (χ4n) is 3.34. The average Bonchev–Trinajstić information content (AvgIpc) is 2.66. The van der Waals surface area contributed by atoms with Gasteiger partial charge in [0, 0.05) is 23.6 Å². The van der Waals surface area contributed by atoms with Crippen LogP contribution in [0.15, 0.2) is 48.5 Å². The lowest BCUT2D eigenvalue weighted by Crippen LogP contribution is -3.17. The second-order valence-electron chi connectivity index (χ2n) is 6.43. The molecule has 2 aromatic rings. The first-order chi connectivity index (χ1) is 12.6. The molecule has 0 radical (unpaired) electrons. The van der Waals surface area contributed by atoms with E-state index in [4.69, 9.17) is 16.3 Å². The standard InChI is InChI=1S/C20H21ClN2O3/c1-26-20(25)18-10-14-6-2-3-8-16(14)12-23(18)13-19(24)22-11-15-7-4-5-9-17(15)21/h2-9,18H,10-13H2,1H3,(H,22,24)/p+1/t18-/m0/s1. The molecule has 0 spiro atoms. The lowest BCUT2D eigenvalue weighted by Gasteiger charge is -2.31. The number of fused-ring (bicyclic) bond motifs is 1. The maximum atomic E-state index is 12.4. The van der Waals surface area contributed by atoms with Crippen LogP contribution in [0.5, 0.6) is 0 Å². The van der Waals surface area contributed by atoms with Gasteiger partial charge in [-0.15, -0.1) is 0 Å². The smallest absolute Gasteiger partial charge is 0.365 e. The van der Waals surface area contributed by atoms with Gasteiger partial charge in [0.25, 0.3) is 5.91 Å². The summed E-state index contributed by atoms with van der Waals surface area (Å²) in [5.74, 6) is -0.401. The molecule has 1 unspecified atom stereocenters. The topological polar surface area (TPSA) is 59.8 Å². The molecule has 1 heterocycles. The molecule has 1 aliphatic heterocycles. The molecule has 0 bridgehead atoms. The van der Waals surface area contributed by atoms with Gasteiger partial charge in [0.15, 0.2) is 12.6 Å². The Morgan fingerprint density at radius 1 is 1.15 bits per heavy atom. The Balaban J connectivity index is 1.67. The summed E-state index contributed by atoms with van der Waals surface area (Å²) in [6.45, 7) is 1.19. The maximum absolute atomic E-state index is 12.4. The fourth-order valence-corrected chi connectivity index (χ4v) is 3.55. The molecule has 2 atom stereocenters. The van der Waals surface area contributed by atoms with Crippen LogP contribution in [0, 0.1) is 0 Å². The number of carbonyl (C=O) groups excluding carboxylic acids is 2. The first kappa shape index (κ1) is 18.4. The molecule has 0 saturated heterocycles. The normalized spacial score (nSPS) is 18.7. The molecule has 2 N–H and O–H groups in total. The fraction of sp³-hybridized carbons (Fsp3) is 0.300. The molecular weight excluding hydrogens is 352 g/mol. The summed E-state index contributed by atoms with van der Waals surface area (Å²) < 4.78 is 4.95. The molecule has 2 aromatic carbocycles. The Kier molecular flexibility index (Phi) is 5.91. The monoisotopic (exact) mass is 373 g/mol. The predicted molar refractivity (Wildman–Crippen MR) is 98.8 cm³/mol. The van der Waals surface area contributed by atoms with E-state index in [0.29, 0.717) is 24.5 Å². The number of nitrogens with one attached hydrogen (secondary N) is 2. The van der Waals surface area contributed by atoms with Crippen molar-refractivity contribution >= 4 is 23.5 Å². The third-order valence-electron chi connectivity index (χ3n) is 4.76. The quantitative estimate of drug-likeness (QED) is 0.773. The van der Waals surface area contributed by atoms with Crippen LogP contribution in [0.1, 0.15) is 16.7 Å². The minimum Gasteiger partial charge on any atom is -0.465 e. The van der Waals surface area contributed by atoms with Crippen molar-refractivity contribution in [2.75, 3.05) is 13.7 Å². The van der Waals surface area contributed by atoms with Gasteiger partial charge in [-0.05, 0) is 17.2 Å². The van der Waals surface area contributed by atoms with Crippen molar-refractivity contribution in [3.63, 3.8) is 0 Å². The molecule has 6 heteroatoms. The van der Waals surface area contributed by atoms with Gasteiger partial charge in [-0.25, -0.2) is 4.79 Å². The molecular formula is C20H22ClN2O3+. The van der Waals surface area contributed by atoms with E-state index < -0.39 is 0 Å². The number of methoxy groups -OCH3 is 1. The Hall–Kier alpha value is -2.37. The number of carbonyl (C=O) groups is 2. The number of amides is 1. The van der Waals surface area contributed by atoms with Crippen LogP contribution in [-0.2, 0) is 33.8 Å². The second-order valence-corrected chi connectivity index (χ2v) is 6.84. The van der Waals surface area contributed by atoms with Gasteiger partial charge >= 0.3 is 5.97 Å². The predicted octanol–water partition coefficient (Wildman–Crippen LogP) is 1.14. The van der Waals surface area contributed by atoms with E-state index in [1.807, 2.05) is 42.5 Å². The van der Waals surface area contributed by atoms with Crippen molar-refractivity contribution in [2.24, 2.45) is 0 Å². The number of halogens is 1. The summed E-state index contributed by atoms with van der Waals surface area (Å²) >= 11 is 6.12. The number of quaternary nitrogens is 1. The number of hydrogen-bond donors (Lipinski definition) is 2. The summed E-state index contributed by atoms with van der Waals surface area (Å²) in [5.41, 5.74) is 3.18. The van der Waals surface area contributed by atoms with Gasteiger partial charge in [0.05, 0.1) is 7.11 Å². The van der Waals surface area contributed by atoms with Crippen LogP contribution in [0.25, 0.3) is 0 Å². The minimum atomic E-state index is -0.374. The molecule has 26 heavy (non-hydrogen) atoms. The van der Waals surface area contributed by atoms with E-state index >= 15 is 0 Å². The largest absolute Gasteiger partial charge is 0.465 e. The number of benzene rings is 2. The first-order valence-electron chi connectivity index (χ1n) is 8.57. The van der Waals surface area contributed by atoms with E-state index in [-0.39, 0.29) is 24.5 Å². The van der Waals surface area contributed by atoms with Crippen LogP contribution in [0.2, 0.25) is 5.02 Å². The van der Waals surface area contributed by atoms with Crippen LogP contribution in [0.3, 0.4) is 0 Å². The van der Waals surface area contributed by atoms with E-state index in [1.165, 1.54) is 12.7 Å². The molecule has 0 aromatic heterocycles. The van der Waals surface area contributed by atoms with Gasteiger partial charge in [-0.2, -0.15) is 0 Å². The van der Waals surface area contributed by atoms with Gasteiger partial charge in [-0.1, -0.05) is 54.1 Å². The molecule has 3 rings (SSSR count). The van der Waals surface area contributed by atoms with Crippen molar-refractivity contribution in [3.05, 3.63) is 70.2 Å². The van der Waals surface area contributed by atoms with Crippen molar-refractivity contribution in [1.29, 1.82) is 0 Å². The Bertz CT molecular complexity index is 809. The van der Waals surface area contributed by atoms with Crippen LogP contribution < -0.4 is 10.2 Å². The van der Waals surface area contributed by atoms with E-state index in [9.17, 15) is 9.59 Å². The summed E-state index contributed by atoms with van der Waals surface area (Å²) in [5, 5.41) is 3.52. The summed E-state index contributed by atoms with van der Waals surface area (Å²) in [6, 6.07) is 15.1. The third-order valence-corrected chi connectivity index (χ3v) is 5.13. The Morgan fingerprint density at radius 2 is 1.85 bits per heavy atom. The highest BCUT2D eigenvalue weighted by atomic mass is 35.5. The van der Waals surface area contributed by atoms with Crippen LogP contribution >= 0.6 is 11.6 Å². The van der Waals surface area contributed by atoms with Crippen molar-refractivity contribution < 1.29 is 19.2 Å². The summed E-state index contributed by atoms with van der Waals surface area (Å²) in [6.07, 6.45) is 0.579. The zero-order valence-corrected chi connectivity index (χ0v) is 15.4. The highest BCUT2D eigenvalue weighted by molar-refractivity contribution is 6.31.